The van der Waals surface area contributed by atoms with Crippen LogP contribution < -0.4 is 10.1 Å². The molecule has 1 aliphatic heterocycles. The molecule has 21 heavy (non-hydrogen) atoms. The van der Waals surface area contributed by atoms with E-state index in [0.29, 0.717) is 24.4 Å². The minimum atomic E-state index is -2.88. The molecule has 1 aromatic heterocycles. The van der Waals surface area contributed by atoms with E-state index in [1.807, 2.05) is 0 Å². The van der Waals surface area contributed by atoms with Gasteiger partial charge in [-0.15, -0.1) is 0 Å². The van der Waals surface area contributed by atoms with E-state index in [0.717, 1.165) is 25.9 Å². The first kappa shape index (κ1) is 16.0. The van der Waals surface area contributed by atoms with Gasteiger partial charge in [0, 0.05) is 44.2 Å². The molecule has 0 bridgehead atoms. The van der Waals surface area contributed by atoms with Crippen molar-refractivity contribution in [3.63, 3.8) is 0 Å². The molecule has 1 N–H and O–H groups in total. The summed E-state index contributed by atoms with van der Waals surface area (Å²) in [7, 11) is -1.31. The first-order chi connectivity index (χ1) is 9.96. The van der Waals surface area contributed by atoms with Crippen molar-refractivity contribution >= 4 is 15.8 Å². The van der Waals surface area contributed by atoms with Gasteiger partial charge in [-0.1, -0.05) is 0 Å². The Labute approximate surface area is 125 Å². The Kier molecular flexibility index (Phi) is 5.35. The van der Waals surface area contributed by atoms with Crippen LogP contribution in [0.1, 0.15) is 12.8 Å². The fourth-order valence-electron chi connectivity index (χ4n) is 2.30. The molecule has 0 aromatic carbocycles. The van der Waals surface area contributed by atoms with E-state index in [2.05, 4.69) is 20.2 Å². The van der Waals surface area contributed by atoms with Crippen LogP contribution in [0.2, 0.25) is 0 Å². The molecule has 2 heterocycles. The van der Waals surface area contributed by atoms with Crippen LogP contribution in [0.15, 0.2) is 12.3 Å². The Balaban J connectivity index is 1.78. The lowest BCUT2D eigenvalue weighted by atomic mass is 10.1. The molecule has 0 amide bonds. The highest BCUT2D eigenvalue weighted by atomic mass is 32.2. The van der Waals surface area contributed by atoms with Crippen molar-refractivity contribution in [2.75, 3.05) is 44.1 Å². The van der Waals surface area contributed by atoms with Crippen LogP contribution in [0.4, 0.5) is 5.95 Å². The molecule has 118 valence electrons. The highest BCUT2D eigenvalue weighted by Gasteiger charge is 2.20. The Hall–Kier alpha value is -1.41. The first-order valence-electron chi connectivity index (χ1n) is 7.00. The number of rotatable bonds is 6. The number of piperidine rings is 1. The smallest absolute Gasteiger partial charge is 0.226 e. The predicted octanol–water partition coefficient (Wildman–Crippen LogP) is 0.406. The molecule has 1 fully saturated rings. The highest BCUT2D eigenvalue weighted by Crippen LogP contribution is 2.15. The normalized spacial score (nSPS) is 17.6. The standard InChI is InChI=1S/C13H22N4O3S/c1-20-12-3-6-14-13(16-12)15-11-4-7-17(8-5-11)9-10-21(2,18)19/h3,6,11H,4-5,7-10H2,1-2H3,(H,14,15,16). The number of ether oxygens (including phenoxy) is 1. The summed E-state index contributed by atoms with van der Waals surface area (Å²) in [6.45, 7) is 2.38. The fraction of sp³-hybridized carbons (Fsp3) is 0.692. The molecule has 0 radical (unpaired) electrons. The van der Waals surface area contributed by atoms with Crippen LogP contribution in [0.25, 0.3) is 0 Å². The molecule has 2 rings (SSSR count). The molecule has 1 aromatic rings. The molecule has 0 unspecified atom stereocenters. The predicted molar refractivity (Wildman–Crippen MR) is 81.4 cm³/mol. The van der Waals surface area contributed by atoms with Crippen LogP contribution in [-0.2, 0) is 9.84 Å². The van der Waals surface area contributed by atoms with Crippen LogP contribution in [0, 0.1) is 0 Å². The molecule has 0 spiro atoms. The third kappa shape index (κ3) is 5.47. The average Bonchev–Trinajstić information content (AvgIpc) is 2.46. The monoisotopic (exact) mass is 314 g/mol. The van der Waals surface area contributed by atoms with E-state index in [4.69, 9.17) is 4.74 Å². The quantitative estimate of drug-likeness (QED) is 0.814. The zero-order valence-corrected chi connectivity index (χ0v) is 13.3. The fourth-order valence-corrected chi connectivity index (χ4v) is 2.89. The Bertz CT molecular complexity index is 556. The van der Waals surface area contributed by atoms with E-state index >= 15 is 0 Å². The molecule has 0 aliphatic carbocycles. The Morgan fingerprint density at radius 2 is 2.14 bits per heavy atom. The number of nitrogens with one attached hydrogen (secondary N) is 1. The van der Waals surface area contributed by atoms with Crippen molar-refractivity contribution in [3.8, 4) is 5.88 Å². The van der Waals surface area contributed by atoms with Crippen molar-refractivity contribution in [2.24, 2.45) is 0 Å². The summed E-state index contributed by atoms with van der Waals surface area (Å²) in [6.07, 6.45) is 4.84. The van der Waals surface area contributed by atoms with E-state index in [1.165, 1.54) is 6.26 Å². The third-order valence-electron chi connectivity index (χ3n) is 3.54. The van der Waals surface area contributed by atoms with Gasteiger partial charge in [-0.25, -0.2) is 13.4 Å². The summed E-state index contributed by atoms with van der Waals surface area (Å²) in [5, 5.41) is 3.30. The van der Waals surface area contributed by atoms with E-state index in [9.17, 15) is 8.42 Å². The van der Waals surface area contributed by atoms with Crippen LogP contribution in [-0.4, -0.2) is 68.1 Å². The van der Waals surface area contributed by atoms with Gasteiger partial charge in [-0.2, -0.15) is 4.98 Å². The first-order valence-corrected chi connectivity index (χ1v) is 9.06. The summed E-state index contributed by atoms with van der Waals surface area (Å²) in [6, 6.07) is 2.02. The van der Waals surface area contributed by atoms with Gasteiger partial charge in [-0.3, -0.25) is 0 Å². The van der Waals surface area contributed by atoms with Gasteiger partial charge >= 0.3 is 0 Å². The Morgan fingerprint density at radius 3 is 2.76 bits per heavy atom. The van der Waals surface area contributed by atoms with Crippen molar-refractivity contribution < 1.29 is 13.2 Å². The van der Waals surface area contributed by atoms with Crippen LogP contribution in [0.3, 0.4) is 0 Å². The second-order valence-corrected chi connectivity index (χ2v) is 7.57. The summed E-state index contributed by atoms with van der Waals surface area (Å²) in [5.41, 5.74) is 0. The summed E-state index contributed by atoms with van der Waals surface area (Å²) >= 11 is 0. The van der Waals surface area contributed by atoms with Crippen molar-refractivity contribution in [1.82, 2.24) is 14.9 Å². The maximum Gasteiger partial charge on any atom is 0.226 e. The van der Waals surface area contributed by atoms with E-state index < -0.39 is 9.84 Å². The molecule has 1 aliphatic rings. The van der Waals surface area contributed by atoms with Gasteiger partial charge in [0.15, 0.2) is 0 Å². The number of hydrogen-bond acceptors (Lipinski definition) is 7. The lowest BCUT2D eigenvalue weighted by Gasteiger charge is -2.32. The second-order valence-electron chi connectivity index (χ2n) is 5.31. The van der Waals surface area contributed by atoms with Crippen LogP contribution >= 0.6 is 0 Å². The molecular weight excluding hydrogens is 292 g/mol. The van der Waals surface area contributed by atoms with Crippen molar-refractivity contribution in [3.05, 3.63) is 12.3 Å². The van der Waals surface area contributed by atoms with Crippen molar-refractivity contribution in [2.45, 2.75) is 18.9 Å². The topological polar surface area (TPSA) is 84.4 Å². The summed E-state index contributed by atoms with van der Waals surface area (Å²) in [5.74, 6) is 1.34. The number of hydrogen-bond donors (Lipinski definition) is 1. The summed E-state index contributed by atoms with van der Waals surface area (Å²) in [4.78, 5) is 10.6. The maximum atomic E-state index is 11.2. The van der Waals surface area contributed by atoms with Gasteiger partial charge in [-0.05, 0) is 12.8 Å². The molecule has 8 heteroatoms. The highest BCUT2D eigenvalue weighted by molar-refractivity contribution is 7.90. The number of likely N-dealkylation sites (tertiary alicyclic amines) is 1. The molecule has 7 nitrogen and oxygen atoms in total. The number of sulfone groups is 1. The van der Waals surface area contributed by atoms with Gasteiger partial charge in [0.25, 0.3) is 0 Å². The second kappa shape index (κ2) is 7.04. The number of methoxy groups -OCH3 is 1. The lowest BCUT2D eigenvalue weighted by molar-refractivity contribution is 0.230. The molecule has 1 saturated heterocycles. The third-order valence-corrected chi connectivity index (χ3v) is 4.46. The number of nitrogens with zero attached hydrogens (tertiary/aromatic N) is 3. The summed E-state index contributed by atoms with van der Waals surface area (Å²) < 4.78 is 27.4. The zero-order chi connectivity index (χ0) is 15.3. The average molecular weight is 314 g/mol. The van der Waals surface area contributed by atoms with Crippen LogP contribution in [0.5, 0.6) is 5.88 Å². The number of aromatic nitrogens is 2. The van der Waals surface area contributed by atoms with Gasteiger partial charge in [0.05, 0.1) is 12.9 Å². The Morgan fingerprint density at radius 1 is 1.43 bits per heavy atom. The van der Waals surface area contributed by atoms with E-state index in [-0.39, 0.29) is 5.75 Å². The molecular formula is C13H22N4O3S. The van der Waals surface area contributed by atoms with Crippen molar-refractivity contribution in [1.29, 1.82) is 0 Å². The minimum Gasteiger partial charge on any atom is -0.481 e. The minimum absolute atomic E-state index is 0.226. The molecule has 0 saturated carbocycles. The lowest BCUT2D eigenvalue weighted by Crippen LogP contribution is -2.41. The largest absolute Gasteiger partial charge is 0.481 e. The van der Waals surface area contributed by atoms with Gasteiger partial charge in [0.2, 0.25) is 11.8 Å². The van der Waals surface area contributed by atoms with Gasteiger partial charge in [0.1, 0.15) is 9.84 Å². The SMILES string of the molecule is COc1ccnc(NC2CCN(CCS(C)(=O)=O)CC2)n1. The maximum absolute atomic E-state index is 11.2. The number of anilines is 1. The van der Waals surface area contributed by atoms with E-state index in [1.54, 1.807) is 19.4 Å². The van der Waals surface area contributed by atoms with Gasteiger partial charge < -0.3 is 15.0 Å². The zero-order valence-electron chi connectivity index (χ0n) is 12.4. The molecule has 0 atom stereocenters.